The molecule has 64 heavy (non-hydrogen) atoms. The van der Waals surface area contributed by atoms with Crippen molar-refractivity contribution in [3.05, 3.63) is 89.9 Å². The van der Waals surface area contributed by atoms with Gasteiger partial charge in [-0.2, -0.15) is 0 Å². The topological polar surface area (TPSA) is 191 Å². The van der Waals surface area contributed by atoms with E-state index in [0.717, 1.165) is 40.8 Å². The first kappa shape index (κ1) is 47.1. The maximum absolute atomic E-state index is 15.5. The van der Waals surface area contributed by atoms with Gasteiger partial charge in [0, 0.05) is 82.7 Å². The van der Waals surface area contributed by atoms with Crippen molar-refractivity contribution >= 4 is 36.0 Å². The van der Waals surface area contributed by atoms with Crippen LogP contribution in [0.15, 0.2) is 66.9 Å². The van der Waals surface area contributed by atoms with Gasteiger partial charge in [0.15, 0.2) is 0 Å². The number of ether oxygens (including phenoxy) is 4. The van der Waals surface area contributed by atoms with E-state index in [0.29, 0.717) is 31.9 Å². The number of carbonyl (C=O) groups excluding carboxylic acids is 6. The number of halogens is 2. The number of esters is 1. The normalized spacial score (nSPS) is 18.7. The van der Waals surface area contributed by atoms with Crippen LogP contribution in [0.5, 0.6) is 0 Å². The Morgan fingerprint density at radius 1 is 1.00 bits per heavy atom. The number of alkyl carbamates (subject to hydrolysis) is 1. The first-order valence-electron chi connectivity index (χ1n) is 21.3. The second-order valence-electron chi connectivity index (χ2n) is 17.1. The average molecular weight is 892 g/mol. The Morgan fingerprint density at radius 2 is 1.70 bits per heavy atom. The van der Waals surface area contributed by atoms with E-state index < -0.39 is 77.3 Å². The predicted molar refractivity (Wildman–Crippen MR) is 226 cm³/mol. The summed E-state index contributed by atoms with van der Waals surface area (Å²) in [6.45, 7) is 8.40. The maximum atomic E-state index is 15.5. The number of amides is 6. The van der Waals surface area contributed by atoms with Gasteiger partial charge in [0.25, 0.3) is 11.8 Å². The number of likely N-dealkylation sites (tertiary alicyclic amines) is 1. The van der Waals surface area contributed by atoms with Gasteiger partial charge in [0.2, 0.25) is 0 Å². The molecule has 0 saturated carbocycles. The third kappa shape index (κ3) is 12.4. The van der Waals surface area contributed by atoms with Gasteiger partial charge in [0.1, 0.15) is 35.8 Å². The zero-order valence-corrected chi connectivity index (χ0v) is 36.6. The van der Waals surface area contributed by atoms with E-state index in [-0.39, 0.29) is 63.1 Å². The van der Waals surface area contributed by atoms with Crippen molar-refractivity contribution in [2.45, 2.75) is 77.8 Å². The molecule has 0 bridgehead atoms. The van der Waals surface area contributed by atoms with Crippen LogP contribution in [0, 0.1) is 23.5 Å². The van der Waals surface area contributed by atoms with Crippen LogP contribution in [0.25, 0.3) is 11.3 Å². The fourth-order valence-electron chi connectivity index (χ4n) is 7.91. The molecule has 4 unspecified atom stereocenters. The lowest BCUT2D eigenvalue weighted by Crippen LogP contribution is -2.52. The average Bonchev–Trinajstić information content (AvgIpc) is 3.94. The number of imide groups is 1. The molecule has 0 aliphatic carbocycles. The highest BCUT2D eigenvalue weighted by Crippen LogP contribution is 2.39. The molecule has 2 fully saturated rings. The summed E-state index contributed by atoms with van der Waals surface area (Å²) in [5.74, 6) is -3.62. The van der Waals surface area contributed by atoms with E-state index in [2.05, 4.69) is 10.6 Å². The van der Waals surface area contributed by atoms with E-state index in [1.165, 1.54) is 11.8 Å². The quantitative estimate of drug-likeness (QED) is 0.116. The van der Waals surface area contributed by atoms with E-state index in [9.17, 15) is 33.2 Å². The second-order valence-corrected chi connectivity index (χ2v) is 17.1. The molecule has 6 rings (SSSR count). The maximum Gasteiger partial charge on any atom is 0.410 e. The van der Waals surface area contributed by atoms with E-state index in [4.69, 9.17) is 23.9 Å². The summed E-state index contributed by atoms with van der Waals surface area (Å²) in [6, 6.07) is 10.4. The molecule has 0 spiro atoms. The molecular weight excluding hydrogens is 837 g/mol. The van der Waals surface area contributed by atoms with E-state index >= 15 is 4.39 Å². The monoisotopic (exact) mass is 891 g/mol. The summed E-state index contributed by atoms with van der Waals surface area (Å²) in [5, 5.41) is 5.52. The lowest BCUT2D eigenvalue weighted by molar-refractivity contribution is -0.141. The van der Waals surface area contributed by atoms with Gasteiger partial charge in [-0.3, -0.25) is 19.3 Å². The Hall–Kier alpha value is -6.37. The third-order valence-electron chi connectivity index (χ3n) is 10.9. The van der Waals surface area contributed by atoms with Gasteiger partial charge in [-0.25, -0.2) is 28.1 Å². The first-order valence-corrected chi connectivity index (χ1v) is 21.3. The number of nitrogens with zero attached hydrogens (tertiary/aromatic N) is 5. The van der Waals surface area contributed by atoms with E-state index in [1.807, 2.05) is 34.9 Å². The third-order valence-corrected chi connectivity index (χ3v) is 10.9. The Balaban J connectivity index is 1.41. The molecule has 6 amide bonds. The molecule has 17 nitrogen and oxygen atoms in total. The van der Waals surface area contributed by atoms with Crippen molar-refractivity contribution in [3.63, 3.8) is 0 Å². The van der Waals surface area contributed by atoms with Gasteiger partial charge >= 0.3 is 24.2 Å². The molecule has 3 aromatic rings. The van der Waals surface area contributed by atoms with Crippen LogP contribution in [-0.4, -0.2) is 131 Å². The van der Waals surface area contributed by atoms with Crippen LogP contribution in [-0.2, 0) is 39.9 Å². The molecule has 19 heteroatoms. The lowest BCUT2D eigenvalue weighted by Gasteiger charge is -2.40. The van der Waals surface area contributed by atoms with Gasteiger partial charge < -0.3 is 43.9 Å². The van der Waals surface area contributed by atoms with E-state index in [1.54, 1.807) is 38.8 Å². The summed E-state index contributed by atoms with van der Waals surface area (Å²) in [5.41, 5.74) is 0.0474. The van der Waals surface area contributed by atoms with Gasteiger partial charge in [-0.05, 0) is 70.2 Å². The number of carbonyl (C=O) groups is 6. The highest BCUT2D eigenvalue weighted by Gasteiger charge is 2.45. The molecule has 1 aromatic heterocycles. The van der Waals surface area contributed by atoms with Gasteiger partial charge in [-0.15, -0.1) is 0 Å². The molecule has 3 aliphatic heterocycles. The molecule has 344 valence electrons. The standard InChI is InChI=1S/C45H55F2N7O10/c1-28(27-62-29(2)55)49-42(58)54(24-32-23-52(44(60)64-45(3,4)5)26-37(32)63-43(59)48-17-18-53-38(56)13-14-39(53)57)40(31-15-19-61-20-16-31)41-50-36(34-21-33(46)11-12-35(34)47)25-51(41)22-30-9-7-6-8-10-30/h6-14,21,25,28,31-32,37,40H,15-20,22-24,26-27H2,1-5H3,(H,48,59)(H,49,58). The van der Waals surface area contributed by atoms with Crippen molar-refractivity contribution < 1.29 is 56.5 Å². The number of hydrogen-bond acceptors (Lipinski definition) is 11. The predicted octanol–water partition coefficient (Wildman–Crippen LogP) is 5.19. The number of aromatic nitrogens is 2. The SMILES string of the molecule is CC(=O)OCC(C)NC(=O)N(CC1CN(C(=O)OC(C)(C)C)CC1OC(=O)NCCN1C(=O)C=CC1=O)C(c1nc(-c2cc(F)ccc2F)cn1Cc1ccccc1)C1CCOCC1. The Kier molecular flexibility index (Phi) is 15.4. The smallest absolute Gasteiger partial charge is 0.410 e. The zero-order valence-electron chi connectivity index (χ0n) is 36.6. The molecule has 2 saturated heterocycles. The number of nitrogens with one attached hydrogen (secondary N) is 2. The number of rotatable bonds is 15. The minimum Gasteiger partial charge on any atom is -0.464 e. The van der Waals surface area contributed by atoms with Crippen LogP contribution in [0.3, 0.4) is 0 Å². The van der Waals surface area contributed by atoms with Crippen LogP contribution in [0.4, 0.5) is 23.2 Å². The van der Waals surface area contributed by atoms with Crippen molar-refractivity contribution in [2.24, 2.45) is 11.8 Å². The molecular formula is C45H55F2N7O10. The highest BCUT2D eigenvalue weighted by molar-refractivity contribution is 6.12. The Morgan fingerprint density at radius 3 is 2.38 bits per heavy atom. The zero-order chi connectivity index (χ0) is 46.1. The Labute approximate surface area is 370 Å². The summed E-state index contributed by atoms with van der Waals surface area (Å²) >= 11 is 0. The van der Waals surface area contributed by atoms with Gasteiger partial charge in [0.05, 0.1) is 24.3 Å². The van der Waals surface area contributed by atoms with Crippen LogP contribution < -0.4 is 10.6 Å². The molecule has 2 N–H and O–H groups in total. The number of urea groups is 1. The molecule has 4 heterocycles. The minimum atomic E-state index is -1.01. The van der Waals surface area contributed by atoms with Crippen LogP contribution in [0.2, 0.25) is 0 Å². The highest BCUT2D eigenvalue weighted by atomic mass is 19.1. The van der Waals surface area contributed by atoms with Gasteiger partial charge in [-0.1, -0.05) is 30.3 Å². The molecule has 0 radical (unpaired) electrons. The van der Waals surface area contributed by atoms with Crippen LogP contribution in [0.1, 0.15) is 64.9 Å². The number of benzene rings is 2. The van der Waals surface area contributed by atoms with Crippen molar-refractivity contribution in [1.29, 1.82) is 0 Å². The summed E-state index contributed by atoms with van der Waals surface area (Å²) in [7, 11) is 0. The van der Waals surface area contributed by atoms with Crippen LogP contribution >= 0.6 is 0 Å². The molecule has 2 aromatic carbocycles. The second kappa shape index (κ2) is 20.9. The fraction of sp³-hybridized carbons (Fsp3) is 0.489. The summed E-state index contributed by atoms with van der Waals surface area (Å²) in [4.78, 5) is 86.8. The largest absolute Gasteiger partial charge is 0.464 e. The fourth-order valence-corrected chi connectivity index (χ4v) is 7.91. The lowest BCUT2D eigenvalue weighted by atomic mass is 9.89. The number of hydrogen-bond donors (Lipinski definition) is 2. The molecule has 4 atom stereocenters. The summed E-state index contributed by atoms with van der Waals surface area (Å²) < 4.78 is 54.6. The minimum absolute atomic E-state index is 0.0131. The first-order chi connectivity index (χ1) is 30.4. The van der Waals surface area contributed by atoms with Crippen molar-refractivity contribution in [1.82, 2.24) is 34.9 Å². The number of imidazole rings is 1. The molecule has 3 aliphatic rings. The summed E-state index contributed by atoms with van der Waals surface area (Å²) in [6.07, 6.45) is 2.29. The van der Waals surface area contributed by atoms with Crippen molar-refractivity contribution in [2.75, 3.05) is 52.5 Å². The van der Waals surface area contributed by atoms with Crippen molar-refractivity contribution in [3.8, 4) is 11.3 Å². The Bertz CT molecular complexity index is 2190.